The molecule has 0 spiro atoms. The summed E-state index contributed by atoms with van der Waals surface area (Å²) in [6, 6.07) is 5.85. The van der Waals surface area contributed by atoms with Crippen molar-refractivity contribution in [2.75, 3.05) is 0 Å². The number of halogens is 1. The second kappa shape index (κ2) is 4.15. The SMILES string of the molecule is Cc1c(Cl)cccc1-c1nncn1C(C)(C)C. The van der Waals surface area contributed by atoms with Gasteiger partial charge >= 0.3 is 0 Å². The predicted octanol–water partition coefficient (Wildman–Crippen LogP) is 3.66. The Labute approximate surface area is 106 Å². The molecule has 2 rings (SSSR count). The fraction of sp³-hybridized carbons (Fsp3) is 0.385. The van der Waals surface area contributed by atoms with E-state index in [-0.39, 0.29) is 5.54 Å². The molecule has 90 valence electrons. The van der Waals surface area contributed by atoms with Crippen LogP contribution in [0.25, 0.3) is 11.4 Å². The summed E-state index contributed by atoms with van der Waals surface area (Å²) in [7, 11) is 0. The molecule has 0 aliphatic heterocycles. The first-order valence-corrected chi connectivity index (χ1v) is 5.95. The molecule has 3 nitrogen and oxygen atoms in total. The maximum atomic E-state index is 6.14. The van der Waals surface area contributed by atoms with E-state index in [0.29, 0.717) is 0 Å². The number of aromatic nitrogens is 3. The molecule has 0 fully saturated rings. The van der Waals surface area contributed by atoms with Crippen molar-refractivity contribution in [1.29, 1.82) is 0 Å². The molecule has 0 amide bonds. The molecule has 1 heterocycles. The zero-order valence-electron chi connectivity index (χ0n) is 10.5. The molecule has 0 radical (unpaired) electrons. The van der Waals surface area contributed by atoms with Crippen LogP contribution in [0.4, 0.5) is 0 Å². The van der Waals surface area contributed by atoms with Gasteiger partial charge in [0.05, 0.1) is 0 Å². The Morgan fingerprint density at radius 1 is 1.24 bits per heavy atom. The first-order valence-electron chi connectivity index (χ1n) is 5.57. The van der Waals surface area contributed by atoms with Gasteiger partial charge in [0, 0.05) is 16.1 Å². The second-order valence-corrected chi connectivity index (χ2v) is 5.51. The summed E-state index contributed by atoms with van der Waals surface area (Å²) in [4.78, 5) is 0. The van der Waals surface area contributed by atoms with Crippen LogP contribution in [0.2, 0.25) is 5.02 Å². The van der Waals surface area contributed by atoms with Crippen LogP contribution >= 0.6 is 11.6 Å². The van der Waals surface area contributed by atoms with E-state index in [9.17, 15) is 0 Å². The van der Waals surface area contributed by atoms with Crippen LogP contribution in [0.3, 0.4) is 0 Å². The van der Waals surface area contributed by atoms with Crippen LogP contribution in [0, 0.1) is 6.92 Å². The lowest BCUT2D eigenvalue weighted by atomic mass is 10.1. The van der Waals surface area contributed by atoms with Crippen molar-refractivity contribution in [2.24, 2.45) is 0 Å². The highest BCUT2D eigenvalue weighted by Crippen LogP contribution is 2.29. The molecule has 2 aromatic rings. The maximum Gasteiger partial charge on any atom is 0.164 e. The fourth-order valence-electron chi connectivity index (χ4n) is 1.76. The number of rotatable bonds is 1. The van der Waals surface area contributed by atoms with Crippen LogP contribution in [-0.2, 0) is 5.54 Å². The van der Waals surface area contributed by atoms with Crippen molar-refractivity contribution in [1.82, 2.24) is 14.8 Å². The minimum Gasteiger partial charge on any atom is -0.308 e. The maximum absolute atomic E-state index is 6.14. The van der Waals surface area contributed by atoms with E-state index in [4.69, 9.17) is 11.6 Å². The summed E-state index contributed by atoms with van der Waals surface area (Å²) in [5, 5.41) is 8.97. The van der Waals surface area contributed by atoms with Crippen molar-refractivity contribution in [2.45, 2.75) is 33.2 Å². The van der Waals surface area contributed by atoms with Gasteiger partial charge in [-0.3, -0.25) is 0 Å². The molecule has 0 aliphatic carbocycles. The predicted molar refractivity (Wildman–Crippen MR) is 70.2 cm³/mol. The zero-order chi connectivity index (χ0) is 12.6. The van der Waals surface area contributed by atoms with Gasteiger partial charge in [0.15, 0.2) is 5.82 Å². The van der Waals surface area contributed by atoms with E-state index in [1.54, 1.807) is 6.33 Å². The summed E-state index contributed by atoms with van der Waals surface area (Å²) < 4.78 is 2.06. The lowest BCUT2D eigenvalue weighted by molar-refractivity contribution is 0.399. The van der Waals surface area contributed by atoms with Gasteiger partial charge in [-0.2, -0.15) is 0 Å². The van der Waals surface area contributed by atoms with Crippen molar-refractivity contribution in [3.8, 4) is 11.4 Å². The summed E-state index contributed by atoms with van der Waals surface area (Å²) >= 11 is 6.14. The molecule has 1 aromatic heterocycles. The molecule has 1 aromatic carbocycles. The van der Waals surface area contributed by atoms with Crippen molar-refractivity contribution in [3.05, 3.63) is 35.1 Å². The number of benzene rings is 1. The first-order chi connectivity index (χ1) is 7.91. The average Bonchev–Trinajstić information content (AvgIpc) is 2.70. The Morgan fingerprint density at radius 2 is 1.94 bits per heavy atom. The smallest absolute Gasteiger partial charge is 0.164 e. The molecule has 0 aliphatic rings. The third-order valence-corrected chi connectivity index (χ3v) is 3.19. The summed E-state index contributed by atoms with van der Waals surface area (Å²) in [6.45, 7) is 8.37. The molecule has 0 bridgehead atoms. The summed E-state index contributed by atoms with van der Waals surface area (Å²) in [6.07, 6.45) is 1.76. The van der Waals surface area contributed by atoms with Crippen molar-refractivity contribution >= 4 is 11.6 Å². The Kier molecular flexibility index (Phi) is 2.96. The van der Waals surface area contributed by atoms with E-state index in [1.165, 1.54) is 0 Å². The lowest BCUT2D eigenvalue weighted by Gasteiger charge is -2.22. The van der Waals surface area contributed by atoms with Gasteiger partial charge in [0.2, 0.25) is 0 Å². The topological polar surface area (TPSA) is 30.7 Å². The molecular formula is C13H16ClN3. The third-order valence-electron chi connectivity index (χ3n) is 2.78. The highest BCUT2D eigenvalue weighted by atomic mass is 35.5. The van der Waals surface area contributed by atoms with Gasteiger partial charge in [-0.15, -0.1) is 10.2 Å². The van der Waals surface area contributed by atoms with Crippen LogP contribution in [0.15, 0.2) is 24.5 Å². The Bertz CT molecular complexity index is 538. The van der Waals surface area contributed by atoms with Crippen LogP contribution in [0.5, 0.6) is 0 Å². The molecule has 17 heavy (non-hydrogen) atoms. The van der Waals surface area contributed by atoms with Crippen molar-refractivity contribution < 1.29 is 0 Å². The van der Waals surface area contributed by atoms with E-state index in [2.05, 4.69) is 35.5 Å². The molecule has 4 heteroatoms. The standard InChI is InChI=1S/C13H16ClN3/c1-9-10(6-5-7-11(9)14)12-16-15-8-17(12)13(2,3)4/h5-8H,1-4H3. The summed E-state index contributed by atoms with van der Waals surface area (Å²) in [5.74, 6) is 0.859. The normalized spacial score (nSPS) is 11.8. The Morgan fingerprint density at radius 3 is 2.59 bits per heavy atom. The molecule has 0 saturated heterocycles. The van der Waals surface area contributed by atoms with Gasteiger partial charge in [-0.1, -0.05) is 23.7 Å². The summed E-state index contributed by atoms with van der Waals surface area (Å²) in [5.41, 5.74) is 2.02. The Balaban J connectivity index is 2.62. The monoisotopic (exact) mass is 249 g/mol. The van der Waals surface area contributed by atoms with Gasteiger partial charge < -0.3 is 4.57 Å². The van der Waals surface area contributed by atoms with Gasteiger partial charge in [0.1, 0.15) is 6.33 Å². The molecule has 0 unspecified atom stereocenters. The number of nitrogens with zero attached hydrogens (tertiary/aromatic N) is 3. The highest BCUT2D eigenvalue weighted by molar-refractivity contribution is 6.31. The molecule has 0 atom stereocenters. The van der Waals surface area contributed by atoms with Gasteiger partial charge in [-0.05, 0) is 39.3 Å². The quantitative estimate of drug-likeness (QED) is 0.772. The van der Waals surface area contributed by atoms with E-state index in [0.717, 1.165) is 22.0 Å². The largest absolute Gasteiger partial charge is 0.308 e. The van der Waals surface area contributed by atoms with Crippen LogP contribution in [0.1, 0.15) is 26.3 Å². The highest BCUT2D eigenvalue weighted by Gasteiger charge is 2.20. The molecule has 0 N–H and O–H groups in total. The van der Waals surface area contributed by atoms with E-state index >= 15 is 0 Å². The zero-order valence-corrected chi connectivity index (χ0v) is 11.3. The van der Waals surface area contributed by atoms with Crippen molar-refractivity contribution in [3.63, 3.8) is 0 Å². The second-order valence-electron chi connectivity index (χ2n) is 5.11. The number of hydrogen-bond acceptors (Lipinski definition) is 2. The first kappa shape index (κ1) is 12.1. The van der Waals surface area contributed by atoms with Gasteiger partial charge in [-0.25, -0.2) is 0 Å². The van der Waals surface area contributed by atoms with E-state index in [1.807, 2.05) is 25.1 Å². The fourth-order valence-corrected chi connectivity index (χ4v) is 1.93. The van der Waals surface area contributed by atoms with Crippen LogP contribution < -0.4 is 0 Å². The Hall–Kier alpha value is -1.35. The lowest BCUT2D eigenvalue weighted by Crippen LogP contribution is -2.22. The molecule has 0 saturated carbocycles. The average molecular weight is 250 g/mol. The minimum atomic E-state index is -0.0480. The van der Waals surface area contributed by atoms with E-state index < -0.39 is 0 Å². The molecular weight excluding hydrogens is 234 g/mol. The third kappa shape index (κ3) is 2.20. The van der Waals surface area contributed by atoms with Gasteiger partial charge in [0.25, 0.3) is 0 Å². The minimum absolute atomic E-state index is 0.0480. The number of hydrogen-bond donors (Lipinski definition) is 0. The van der Waals surface area contributed by atoms with Crippen LogP contribution in [-0.4, -0.2) is 14.8 Å².